The van der Waals surface area contributed by atoms with Gasteiger partial charge < -0.3 is 9.47 Å². The number of ether oxygens (including phenoxy) is 2. The number of carbonyl (C=O) groups excluding carboxylic acids is 2. The summed E-state index contributed by atoms with van der Waals surface area (Å²) in [5, 5.41) is 0. The van der Waals surface area contributed by atoms with E-state index in [1.165, 1.54) is 19.1 Å². The molecule has 0 spiro atoms. The second kappa shape index (κ2) is 4.64. The molecule has 0 radical (unpaired) electrons. The predicted molar refractivity (Wildman–Crippen MR) is 48.7 cm³/mol. The highest BCUT2D eigenvalue weighted by molar-refractivity contribution is 5.82. The molecule has 5 nitrogen and oxygen atoms in total. The van der Waals surface area contributed by atoms with Crippen LogP contribution in [0.25, 0.3) is 0 Å². The average Bonchev–Trinajstić information content (AvgIpc) is 2.27. The first-order valence-corrected chi connectivity index (χ1v) is 4.28. The van der Waals surface area contributed by atoms with Crippen LogP contribution in [0.5, 0.6) is 0 Å². The molecule has 0 saturated carbocycles. The highest BCUT2D eigenvalue weighted by Gasteiger charge is 2.31. The Morgan fingerprint density at radius 1 is 1.29 bits per heavy atom. The van der Waals surface area contributed by atoms with Gasteiger partial charge in [0.2, 0.25) is 0 Å². The molecule has 1 atom stereocenters. The van der Waals surface area contributed by atoms with Crippen LogP contribution < -0.4 is 0 Å². The van der Waals surface area contributed by atoms with Crippen LogP contribution in [0.2, 0.25) is 0 Å². The van der Waals surface area contributed by atoms with Gasteiger partial charge in [0.15, 0.2) is 0 Å². The summed E-state index contributed by atoms with van der Waals surface area (Å²) < 4.78 is 9.15. The maximum absolute atomic E-state index is 11.3. The van der Waals surface area contributed by atoms with Crippen molar-refractivity contribution in [1.29, 1.82) is 0 Å². The molecule has 1 aliphatic rings. The fraction of sp³-hybridized carbons (Fsp3) is 0.556. The normalized spacial score (nSPS) is 20.4. The van der Waals surface area contributed by atoms with E-state index in [4.69, 9.17) is 0 Å². The maximum Gasteiger partial charge on any atom is 0.410 e. The van der Waals surface area contributed by atoms with Crippen molar-refractivity contribution >= 4 is 12.1 Å². The number of nitrogens with zero attached hydrogens (tertiary/aromatic N) is 1. The van der Waals surface area contributed by atoms with Crippen LogP contribution in [0.15, 0.2) is 12.2 Å². The van der Waals surface area contributed by atoms with Gasteiger partial charge in [0, 0.05) is 6.54 Å². The molecular formula is C9H13NO4. The van der Waals surface area contributed by atoms with E-state index in [9.17, 15) is 9.59 Å². The number of carbonyl (C=O) groups is 2. The van der Waals surface area contributed by atoms with Crippen LogP contribution in [-0.4, -0.2) is 43.8 Å². The quantitative estimate of drug-likeness (QED) is 0.457. The van der Waals surface area contributed by atoms with Crippen molar-refractivity contribution in [3.8, 4) is 0 Å². The molecule has 1 heterocycles. The zero-order valence-corrected chi connectivity index (χ0v) is 8.23. The molecule has 0 bridgehead atoms. The van der Waals surface area contributed by atoms with E-state index in [1.54, 1.807) is 0 Å². The molecular weight excluding hydrogens is 186 g/mol. The van der Waals surface area contributed by atoms with Crippen LogP contribution in [0.4, 0.5) is 4.79 Å². The van der Waals surface area contributed by atoms with E-state index < -0.39 is 18.1 Å². The Morgan fingerprint density at radius 3 is 2.57 bits per heavy atom. The summed E-state index contributed by atoms with van der Waals surface area (Å²) in [4.78, 5) is 23.9. The van der Waals surface area contributed by atoms with Gasteiger partial charge in [-0.15, -0.1) is 0 Å². The van der Waals surface area contributed by atoms with Crippen molar-refractivity contribution < 1.29 is 19.1 Å². The highest BCUT2D eigenvalue weighted by Crippen LogP contribution is 2.13. The summed E-state index contributed by atoms with van der Waals surface area (Å²) in [6.45, 7) is 0.381. The molecule has 1 rings (SSSR count). The van der Waals surface area contributed by atoms with E-state index in [2.05, 4.69) is 9.47 Å². The smallest absolute Gasteiger partial charge is 0.410 e. The standard InChI is InChI=1S/C9H13NO4/c1-13-8(11)7-5-3-4-6-10(7)9(12)14-2/h3-4,7H,5-6H2,1-2H3/t7-/m0/s1. The van der Waals surface area contributed by atoms with E-state index >= 15 is 0 Å². The van der Waals surface area contributed by atoms with E-state index in [1.807, 2.05) is 12.2 Å². The average molecular weight is 199 g/mol. The number of hydrogen-bond acceptors (Lipinski definition) is 4. The molecule has 0 aromatic rings. The molecule has 1 amide bonds. The lowest BCUT2D eigenvalue weighted by molar-refractivity contribution is -0.146. The van der Waals surface area contributed by atoms with Gasteiger partial charge in [-0.3, -0.25) is 4.90 Å². The lowest BCUT2D eigenvalue weighted by Gasteiger charge is -2.29. The Morgan fingerprint density at radius 2 is 2.00 bits per heavy atom. The lowest BCUT2D eigenvalue weighted by atomic mass is 10.1. The highest BCUT2D eigenvalue weighted by atomic mass is 16.5. The largest absolute Gasteiger partial charge is 0.467 e. The topological polar surface area (TPSA) is 55.8 Å². The van der Waals surface area contributed by atoms with Crippen molar-refractivity contribution in [2.45, 2.75) is 12.5 Å². The van der Waals surface area contributed by atoms with E-state index in [-0.39, 0.29) is 0 Å². The number of hydrogen-bond donors (Lipinski definition) is 0. The molecule has 0 aliphatic carbocycles. The van der Waals surface area contributed by atoms with Gasteiger partial charge in [0.05, 0.1) is 14.2 Å². The summed E-state index contributed by atoms with van der Waals surface area (Å²) in [5.41, 5.74) is 0. The minimum atomic E-state index is -0.558. The Balaban J connectivity index is 2.75. The molecule has 0 N–H and O–H groups in total. The summed E-state index contributed by atoms with van der Waals surface area (Å²) in [6.07, 6.45) is 3.63. The molecule has 0 unspecified atom stereocenters. The van der Waals surface area contributed by atoms with E-state index in [0.29, 0.717) is 13.0 Å². The fourth-order valence-electron chi connectivity index (χ4n) is 1.35. The Bertz CT molecular complexity index is 236. The van der Waals surface area contributed by atoms with Gasteiger partial charge in [0.25, 0.3) is 0 Å². The zero-order valence-electron chi connectivity index (χ0n) is 8.23. The third-order valence-corrected chi connectivity index (χ3v) is 2.09. The number of amides is 1. The van der Waals surface area contributed by atoms with Crippen molar-refractivity contribution in [1.82, 2.24) is 4.90 Å². The second-order valence-electron chi connectivity index (χ2n) is 2.87. The molecule has 0 saturated heterocycles. The predicted octanol–water partition coefficient (Wildman–Crippen LogP) is 0.556. The van der Waals surface area contributed by atoms with Gasteiger partial charge in [-0.1, -0.05) is 12.2 Å². The van der Waals surface area contributed by atoms with Crippen LogP contribution in [0.3, 0.4) is 0 Å². The lowest BCUT2D eigenvalue weighted by Crippen LogP contribution is -2.46. The monoisotopic (exact) mass is 199 g/mol. The van der Waals surface area contributed by atoms with Crippen molar-refractivity contribution in [2.75, 3.05) is 20.8 Å². The minimum Gasteiger partial charge on any atom is -0.467 e. The van der Waals surface area contributed by atoms with Crippen molar-refractivity contribution in [3.05, 3.63) is 12.2 Å². The van der Waals surface area contributed by atoms with Crippen LogP contribution in [-0.2, 0) is 14.3 Å². The third-order valence-electron chi connectivity index (χ3n) is 2.09. The van der Waals surface area contributed by atoms with Gasteiger partial charge in [-0.25, -0.2) is 9.59 Å². The number of methoxy groups -OCH3 is 2. The Labute approximate surface area is 82.3 Å². The molecule has 78 valence electrons. The van der Waals surface area contributed by atoms with Crippen molar-refractivity contribution in [2.24, 2.45) is 0 Å². The van der Waals surface area contributed by atoms with Gasteiger partial charge in [0.1, 0.15) is 6.04 Å². The molecule has 0 aromatic heterocycles. The molecule has 0 aromatic carbocycles. The zero-order chi connectivity index (χ0) is 10.6. The number of esters is 1. The molecule has 0 fully saturated rings. The summed E-state index contributed by atoms with van der Waals surface area (Å²) in [5.74, 6) is -0.417. The summed E-state index contributed by atoms with van der Waals surface area (Å²) >= 11 is 0. The maximum atomic E-state index is 11.3. The number of rotatable bonds is 1. The van der Waals surface area contributed by atoms with Gasteiger partial charge >= 0.3 is 12.1 Å². The second-order valence-corrected chi connectivity index (χ2v) is 2.87. The minimum absolute atomic E-state index is 0.381. The third kappa shape index (κ3) is 2.04. The molecule has 14 heavy (non-hydrogen) atoms. The summed E-state index contributed by atoms with van der Waals surface area (Å²) in [7, 11) is 2.59. The first kappa shape index (κ1) is 10.6. The van der Waals surface area contributed by atoms with Crippen LogP contribution in [0.1, 0.15) is 6.42 Å². The van der Waals surface area contributed by atoms with Crippen LogP contribution in [0, 0.1) is 0 Å². The Kier molecular flexibility index (Phi) is 3.50. The Hall–Kier alpha value is -1.52. The molecule has 5 heteroatoms. The first-order chi connectivity index (χ1) is 6.70. The SMILES string of the molecule is COC(=O)[C@@H]1CC=CCN1C(=O)OC. The molecule has 1 aliphatic heterocycles. The first-order valence-electron chi connectivity index (χ1n) is 4.28. The van der Waals surface area contributed by atoms with Crippen molar-refractivity contribution in [3.63, 3.8) is 0 Å². The van der Waals surface area contributed by atoms with E-state index in [0.717, 1.165) is 0 Å². The van der Waals surface area contributed by atoms with Gasteiger partial charge in [-0.2, -0.15) is 0 Å². The summed E-state index contributed by atoms with van der Waals surface area (Å²) in [6, 6.07) is -0.558. The fourth-order valence-corrected chi connectivity index (χ4v) is 1.35. The van der Waals surface area contributed by atoms with Crippen LogP contribution >= 0.6 is 0 Å². The van der Waals surface area contributed by atoms with Gasteiger partial charge in [-0.05, 0) is 6.42 Å².